The van der Waals surface area contributed by atoms with Crippen LogP contribution in [0.2, 0.25) is 0 Å². The molecule has 2 N–H and O–H groups in total. The highest BCUT2D eigenvalue weighted by Crippen LogP contribution is 2.46. The van der Waals surface area contributed by atoms with Crippen molar-refractivity contribution in [1.29, 1.82) is 0 Å². The van der Waals surface area contributed by atoms with Gasteiger partial charge >= 0.3 is 0 Å². The van der Waals surface area contributed by atoms with E-state index in [1.165, 1.54) is 66.5 Å². The molecule has 4 aromatic rings. The van der Waals surface area contributed by atoms with Crippen molar-refractivity contribution in [2.45, 2.75) is 119 Å². The van der Waals surface area contributed by atoms with Crippen LogP contribution in [-0.4, -0.2) is 40.1 Å². The zero-order valence-corrected chi connectivity index (χ0v) is 35.1. The SMILES string of the molecule is C=CN(/C=C\C(C)CC)c1c(O)cc(NC(=O)c2ccc(Cc3ccc4c(c3)c(C)c(C)n4CC(C)CN(CCC)CCC(C)CC)cc2)cc1C1CCC1. The Hall–Kier alpha value is -4.29. The van der Waals surface area contributed by atoms with Gasteiger partial charge in [0.05, 0.1) is 5.69 Å². The number of phenolic OH excluding ortho intramolecular Hbond substituents is 1. The third-order valence-corrected chi connectivity index (χ3v) is 12.2. The molecule has 6 heteroatoms. The largest absolute Gasteiger partial charge is 0.506 e. The van der Waals surface area contributed by atoms with Gasteiger partial charge in [-0.2, -0.15) is 0 Å². The van der Waals surface area contributed by atoms with E-state index in [1.807, 2.05) is 29.3 Å². The van der Waals surface area contributed by atoms with Gasteiger partial charge in [0.25, 0.3) is 5.91 Å². The number of hydrogen-bond donors (Lipinski definition) is 2. The molecule has 6 nitrogen and oxygen atoms in total. The molecule has 296 valence electrons. The Morgan fingerprint density at radius 3 is 2.33 bits per heavy atom. The summed E-state index contributed by atoms with van der Waals surface area (Å²) in [5.41, 5.74) is 9.45. The first kappa shape index (κ1) is 41.9. The average molecular weight is 745 g/mol. The number of carbonyl (C=O) groups excluding carboxylic acids is 1. The molecule has 0 aliphatic heterocycles. The van der Waals surface area contributed by atoms with Crippen LogP contribution < -0.4 is 10.2 Å². The third kappa shape index (κ3) is 10.5. The lowest BCUT2D eigenvalue weighted by Gasteiger charge is -2.31. The molecule has 3 aromatic carbocycles. The summed E-state index contributed by atoms with van der Waals surface area (Å²) < 4.78 is 2.54. The molecule has 1 amide bonds. The molecule has 0 bridgehead atoms. The molecule has 1 fully saturated rings. The Balaban J connectivity index is 1.26. The molecule has 0 radical (unpaired) electrons. The van der Waals surface area contributed by atoms with Gasteiger partial charge in [0, 0.05) is 59.4 Å². The van der Waals surface area contributed by atoms with Crippen molar-refractivity contribution in [3.8, 4) is 5.75 Å². The molecule has 0 spiro atoms. The topological polar surface area (TPSA) is 60.7 Å². The Morgan fingerprint density at radius 1 is 0.964 bits per heavy atom. The van der Waals surface area contributed by atoms with Crippen LogP contribution in [0.25, 0.3) is 10.9 Å². The first-order valence-corrected chi connectivity index (χ1v) is 21.1. The first-order valence-electron chi connectivity index (χ1n) is 21.1. The Kier molecular flexibility index (Phi) is 14.9. The van der Waals surface area contributed by atoms with Gasteiger partial charge in [-0.25, -0.2) is 0 Å². The van der Waals surface area contributed by atoms with Gasteiger partial charge in [-0.1, -0.05) is 91.7 Å². The summed E-state index contributed by atoms with van der Waals surface area (Å²) in [6, 6.07) is 18.5. The van der Waals surface area contributed by atoms with E-state index >= 15 is 0 Å². The summed E-state index contributed by atoms with van der Waals surface area (Å²) >= 11 is 0. The van der Waals surface area contributed by atoms with Crippen LogP contribution in [0.1, 0.15) is 131 Å². The summed E-state index contributed by atoms with van der Waals surface area (Å²) in [4.78, 5) is 18.1. The fraction of sp³-hybridized carbons (Fsp3) is 0.490. The number of hydrogen-bond acceptors (Lipinski definition) is 4. The summed E-state index contributed by atoms with van der Waals surface area (Å²) in [6.45, 7) is 26.8. The van der Waals surface area contributed by atoms with E-state index in [9.17, 15) is 9.90 Å². The minimum Gasteiger partial charge on any atom is -0.506 e. The van der Waals surface area contributed by atoms with E-state index in [2.05, 4.69) is 113 Å². The predicted molar refractivity (Wildman–Crippen MR) is 235 cm³/mol. The highest BCUT2D eigenvalue weighted by atomic mass is 16.3. The number of aryl methyl sites for hydroxylation is 1. The fourth-order valence-corrected chi connectivity index (χ4v) is 7.91. The van der Waals surface area contributed by atoms with Crippen molar-refractivity contribution >= 4 is 28.2 Å². The maximum Gasteiger partial charge on any atom is 0.255 e. The van der Waals surface area contributed by atoms with Crippen molar-refractivity contribution < 1.29 is 9.90 Å². The molecular formula is C49H68N4O2. The van der Waals surface area contributed by atoms with Crippen molar-refractivity contribution in [1.82, 2.24) is 9.47 Å². The quantitative estimate of drug-likeness (QED) is 0.0946. The van der Waals surface area contributed by atoms with Crippen molar-refractivity contribution in [2.75, 3.05) is 29.9 Å². The number of carbonyl (C=O) groups is 1. The molecule has 1 heterocycles. The summed E-state index contributed by atoms with van der Waals surface area (Å²) in [7, 11) is 0. The molecule has 55 heavy (non-hydrogen) atoms. The molecule has 1 aliphatic carbocycles. The van der Waals surface area contributed by atoms with Gasteiger partial charge in [-0.3, -0.25) is 4.79 Å². The molecule has 0 saturated heterocycles. The Morgan fingerprint density at radius 2 is 1.69 bits per heavy atom. The number of phenols is 1. The third-order valence-electron chi connectivity index (χ3n) is 12.2. The number of amides is 1. The van der Waals surface area contributed by atoms with E-state index in [1.54, 1.807) is 12.3 Å². The summed E-state index contributed by atoms with van der Waals surface area (Å²) in [5, 5.41) is 15.7. The minimum atomic E-state index is -0.188. The van der Waals surface area contributed by atoms with Gasteiger partial charge in [0.1, 0.15) is 5.75 Å². The van der Waals surface area contributed by atoms with Gasteiger partial charge < -0.3 is 24.8 Å². The van der Waals surface area contributed by atoms with Gasteiger partial charge in [-0.05, 0) is 135 Å². The van der Waals surface area contributed by atoms with E-state index in [4.69, 9.17) is 0 Å². The second kappa shape index (κ2) is 19.5. The minimum absolute atomic E-state index is 0.141. The van der Waals surface area contributed by atoms with E-state index in [-0.39, 0.29) is 11.7 Å². The summed E-state index contributed by atoms with van der Waals surface area (Å²) in [6.07, 6.45) is 14.7. The number of anilines is 2. The van der Waals surface area contributed by atoms with Crippen LogP contribution in [0.3, 0.4) is 0 Å². The van der Waals surface area contributed by atoms with Crippen LogP contribution >= 0.6 is 0 Å². The number of fused-ring (bicyclic) bond motifs is 1. The second-order valence-electron chi connectivity index (χ2n) is 16.6. The maximum atomic E-state index is 13.5. The Labute approximate surface area is 332 Å². The fourth-order valence-electron chi connectivity index (χ4n) is 7.91. The van der Waals surface area contributed by atoms with Crippen molar-refractivity contribution in [3.63, 3.8) is 0 Å². The summed E-state index contributed by atoms with van der Waals surface area (Å²) in [5.74, 6) is 2.06. The smallest absolute Gasteiger partial charge is 0.255 e. The number of aromatic hydroxyl groups is 1. The highest BCUT2D eigenvalue weighted by molar-refractivity contribution is 6.04. The zero-order chi connectivity index (χ0) is 39.6. The number of allylic oxidation sites excluding steroid dienone is 1. The lowest BCUT2D eigenvalue weighted by molar-refractivity contribution is 0.102. The lowest BCUT2D eigenvalue weighted by Crippen LogP contribution is -2.32. The molecule has 3 unspecified atom stereocenters. The van der Waals surface area contributed by atoms with E-state index in [0.717, 1.165) is 61.5 Å². The number of benzene rings is 3. The molecule has 5 rings (SSSR count). The molecule has 3 atom stereocenters. The first-order chi connectivity index (χ1) is 26.5. The van der Waals surface area contributed by atoms with Crippen LogP contribution in [0.15, 0.2) is 79.7 Å². The lowest BCUT2D eigenvalue weighted by atomic mass is 9.79. The number of nitrogens with zero attached hydrogens (tertiary/aromatic N) is 3. The standard InChI is InChI=1S/C49H68N4O2/c1-10-25-51(26-23-34(5)11-2)32-36(7)33-53-38(9)37(8)44-29-40(19-22-46(44)53)28-39-17-20-42(21-18-39)49(55)50-43-30-45(41-15-14-16-41)48(47(54)31-43)52(13-4)27-24-35(6)12-3/h13,17-22,24,27,29-31,34-36,41,54H,4,10-12,14-16,23,25-26,28,32-33H2,1-3,5-9H3,(H,50,55)/b27-24-. The molecule has 1 aliphatic rings. The predicted octanol–water partition coefficient (Wildman–Crippen LogP) is 12.4. The normalized spacial score (nSPS) is 15.0. The molecule has 1 aromatic heterocycles. The van der Waals surface area contributed by atoms with Crippen molar-refractivity contribution in [3.05, 3.63) is 113 Å². The second-order valence-corrected chi connectivity index (χ2v) is 16.6. The van der Waals surface area contributed by atoms with Crippen molar-refractivity contribution in [2.24, 2.45) is 17.8 Å². The number of rotatable bonds is 20. The zero-order valence-electron chi connectivity index (χ0n) is 35.1. The van der Waals surface area contributed by atoms with Crippen LogP contribution in [-0.2, 0) is 13.0 Å². The molecular weight excluding hydrogens is 677 g/mol. The van der Waals surface area contributed by atoms with Crippen LogP contribution in [0.4, 0.5) is 11.4 Å². The highest BCUT2D eigenvalue weighted by Gasteiger charge is 2.27. The van der Waals surface area contributed by atoms with Gasteiger partial charge in [0.15, 0.2) is 0 Å². The number of aromatic nitrogens is 1. The monoisotopic (exact) mass is 745 g/mol. The average Bonchev–Trinajstić information content (AvgIpc) is 3.38. The number of nitrogens with one attached hydrogen (secondary N) is 1. The van der Waals surface area contributed by atoms with Gasteiger partial charge in [0.2, 0.25) is 0 Å². The van der Waals surface area contributed by atoms with Crippen LogP contribution in [0, 0.1) is 31.6 Å². The van der Waals surface area contributed by atoms with E-state index in [0.29, 0.717) is 29.0 Å². The van der Waals surface area contributed by atoms with E-state index < -0.39 is 0 Å². The van der Waals surface area contributed by atoms with Gasteiger partial charge in [-0.15, -0.1) is 0 Å². The van der Waals surface area contributed by atoms with Crippen LogP contribution in [0.5, 0.6) is 5.75 Å². The molecule has 1 saturated carbocycles. The maximum absolute atomic E-state index is 13.5. The Bertz CT molecular complexity index is 1920.